The molecule has 2 unspecified atom stereocenters. The highest BCUT2D eigenvalue weighted by Gasteiger charge is 2.33. The summed E-state index contributed by atoms with van der Waals surface area (Å²) in [6, 6.07) is 34.1. The molecule has 0 saturated carbocycles. The van der Waals surface area contributed by atoms with E-state index in [0.29, 0.717) is 92.8 Å². The van der Waals surface area contributed by atoms with Crippen molar-refractivity contribution in [3.63, 3.8) is 0 Å². The molecule has 89 heavy (non-hydrogen) atoms. The number of hydrogen-bond donors (Lipinski definition) is 4. The molecule has 4 fully saturated rings. The van der Waals surface area contributed by atoms with Crippen molar-refractivity contribution in [2.45, 2.75) is 71.2 Å². The second kappa shape index (κ2) is 27.5. The van der Waals surface area contributed by atoms with Crippen LogP contribution in [0.4, 0.5) is 42.9 Å². The average Bonchev–Trinajstić information content (AvgIpc) is 0.945. The fraction of sp³-hybridized carbons (Fsp3) is 0.288. The van der Waals surface area contributed by atoms with E-state index in [1.54, 1.807) is 68.4 Å². The maximum Gasteiger partial charge on any atom is 0.264 e. The second-order valence-corrected chi connectivity index (χ2v) is 22.1. The van der Waals surface area contributed by atoms with E-state index in [0.717, 1.165) is 75.3 Å². The molecule has 6 aromatic carbocycles. The average molecular weight is 1200 g/mol. The van der Waals surface area contributed by atoms with Gasteiger partial charge in [0.15, 0.2) is 11.4 Å². The van der Waals surface area contributed by atoms with E-state index in [1.807, 2.05) is 52.3 Å². The van der Waals surface area contributed by atoms with Crippen LogP contribution in [0.5, 0.6) is 0 Å². The van der Waals surface area contributed by atoms with Gasteiger partial charge in [-0.1, -0.05) is 66.7 Å². The van der Waals surface area contributed by atoms with Crippen LogP contribution in [0, 0.1) is 38.6 Å². The summed E-state index contributed by atoms with van der Waals surface area (Å²) in [5.74, 6) is -1.48. The van der Waals surface area contributed by atoms with Crippen molar-refractivity contribution in [1.82, 2.24) is 39.5 Å². The van der Waals surface area contributed by atoms with E-state index in [-0.39, 0.29) is 60.3 Å². The number of imide groups is 2. The molecule has 12 rings (SSSR count). The van der Waals surface area contributed by atoms with Crippen LogP contribution >= 0.6 is 0 Å². The number of anilines is 4. The van der Waals surface area contributed by atoms with Gasteiger partial charge in [0.2, 0.25) is 23.6 Å². The number of nitrogens with two attached hydrogens (primary N) is 1. The first-order chi connectivity index (χ1) is 43.0. The molecule has 0 radical (unpaired) electrons. The number of carbonyl (C=O) groups excluding carboxylic acids is 5. The van der Waals surface area contributed by atoms with Crippen LogP contribution in [-0.4, -0.2) is 111 Å². The van der Waals surface area contributed by atoms with Gasteiger partial charge >= 0.3 is 0 Å². The summed E-state index contributed by atoms with van der Waals surface area (Å²) in [5, 5.41) is 8.68. The standard InChI is InChI=1S/C33H32FN7O3.C19H18FN3O.C14H14N4O3/c1-21-37-27-8-4-7-26(31(27)33(44)41(21)29-11-12-30(42)38-32(29)43)36-19-22-5-3-6-23(17-22)20-39-13-15-40(16-14-39)28-10-9-24(35-2)18-25(28)34;1-21-17-5-6-19(18(20)12-17)23-9-7-22(8-10-23)13-15-3-2-4-16(11-15)14-24;1-7-16-9-4-2-3-8(15)12(9)14(21)18(7)10-5-6-11(19)17-13(10)20/h3-10,17-18,29,36H,11-16,19-20H2,1H3,(H,38,42,43);2-6,11-12,14H,7-10,13H2;2-4,10H,5-6,15H2,1H3,(H,17,19,20). The summed E-state index contributed by atoms with van der Waals surface area (Å²) in [6.45, 7) is 25.5. The normalized spacial score (nSPS) is 17.1. The molecule has 0 aliphatic carbocycles. The molecular formula is C66H64F2N14O7. The number of benzene rings is 6. The van der Waals surface area contributed by atoms with Crippen molar-refractivity contribution < 1.29 is 32.8 Å². The highest BCUT2D eigenvalue weighted by molar-refractivity contribution is 6.00. The Morgan fingerprint density at radius 3 is 1.54 bits per heavy atom. The Morgan fingerprint density at radius 1 is 0.584 bits per heavy atom. The summed E-state index contributed by atoms with van der Waals surface area (Å²) >= 11 is 0. The van der Waals surface area contributed by atoms with Gasteiger partial charge in [-0.05, 0) is 98.0 Å². The molecule has 6 heterocycles. The Hall–Kier alpha value is -10.5. The van der Waals surface area contributed by atoms with E-state index >= 15 is 0 Å². The summed E-state index contributed by atoms with van der Waals surface area (Å²) in [4.78, 5) is 109. The summed E-state index contributed by atoms with van der Waals surface area (Å²) < 4.78 is 31.3. The van der Waals surface area contributed by atoms with Gasteiger partial charge in [0.05, 0.1) is 46.3 Å². The van der Waals surface area contributed by atoms with Crippen LogP contribution in [0.15, 0.2) is 131 Å². The Labute approximate surface area is 511 Å². The monoisotopic (exact) mass is 1200 g/mol. The quantitative estimate of drug-likeness (QED) is 0.0391. The lowest BCUT2D eigenvalue weighted by atomic mass is 10.0. The number of nitrogen functional groups attached to an aromatic ring is 1. The van der Waals surface area contributed by atoms with E-state index < -0.39 is 23.9 Å². The van der Waals surface area contributed by atoms with Gasteiger partial charge in [0, 0.05) is 102 Å². The number of hydrogen-bond acceptors (Lipinski definition) is 15. The van der Waals surface area contributed by atoms with Gasteiger partial charge in [0.1, 0.15) is 41.7 Å². The Balaban J connectivity index is 0.000000163. The zero-order valence-corrected chi connectivity index (χ0v) is 49.0. The van der Waals surface area contributed by atoms with Crippen LogP contribution in [0.1, 0.15) is 76.5 Å². The second-order valence-electron chi connectivity index (χ2n) is 22.1. The molecular weight excluding hydrogens is 1140 g/mol. The minimum Gasteiger partial charge on any atom is -0.398 e. The minimum atomic E-state index is -0.784. The molecule has 4 aliphatic heterocycles. The van der Waals surface area contributed by atoms with Gasteiger partial charge in [-0.2, -0.15) is 0 Å². The first-order valence-electron chi connectivity index (χ1n) is 29.1. The van der Waals surface area contributed by atoms with Crippen LogP contribution in [0.3, 0.4) is 0 Å². The number of aromatic nitrogens is 4. The molecule has 23 heteroatoms. The van der Waals surface area contributed by atoms with Crippen molar-refractivity contribution in [1.29, 1.82) is 0 Å². The predicted molar refractivity (Wildman–Crippen MR) is 335 cm³/mol. The van der Waals surface area contributed by atoms with E-state index in [4.69, 9.17) is 18.9 Å². The molecule has 4 amide bonds. The molecule has 8 aromatic rings. The van der Waals surface area contributed by atoms with E-state index in [1.165, 1.54) is 21.3 Å². The van der Waals surface area contributed by atoms with E-state index in [2.05, 4.69) is 57.5 Å². The van der Waals surface area contributed by atoms with Crippen molar-refractivity contribution in [3.8, 4) is 0 Å². The van der Waals surface area contributed by atoms with Crippen molar-refractivity contribution >= 4 is 85.8 Å². The van der Waals surface area contributed by atoms with Crippen LogP contribution in [0.25, 0.3) is 31.5 Å². The molecule has 2 aromatic heterocycles. The number of amides is 4. The number of rotatable bonds is 12. The minimum absolute atomic E-state index is 0.169. The van der Waals surface area contributed by atoms with Gasteiger partial charge in [-0.3, -0.25) is 63.1 Å². The molecule has 454 valence electrons. The number of piperidine rings is 2. The number of fused-ring (bicyclic) bond motifs is 2. The Kier molecular flexibility index (Phi) is 19.0. The lowest BCUT2D eigenvalue weighted by Crippen LogP contribution is -2.46. The SMILES string of the molecule is Cc1nc2cccc(N)c2c(=O)n1C1CCC(=O)NC1=O.[C-]#[N+]c1ccc(N2CCN(Cc3cccc(C=O)c3)CC2)c(F)c1.[C-]#[N+]c1ccc(N2CCN(Cc3cccc(CNc4cccc5nc(C)n(C6CCC(=O)NC6=O)c(=O)c45)c3)CC2)c(F)c1. The topological polar surface area (TPSA) is 239 Å². The number of carbonyl (C=O) groups is 5. The lowest BCUT2D eigenvalue weighted by molar-refractivity contribution is -0.137. The number of aldehydes is 1. The number of nitrogens with zero attached hydrogens (tertiary/aromatic N) is 10. The van der Waals surface area contributed by atoms with Gasteiger partial charge in [-0.25, -0.2) is 28.4 Å². The molecule has 21 nitrogen and oxygen atoms in total. The fourth-order valence-electron chi connectivity index (χ4n) is 11.7. The van der Waals surface area contributed by atoms with Crippen LogP contribution < -0.4 is 42.6 Å². The highest BCUT2D eigenvalue weighted by Crippen LogP contribution is 2.29. The highest BCUT2D eigenvalue weighted by atomic mass is 19.1. The van der Waals surface area contributed by atoms with Crippen molar-refractivity contribution in [2.24, 2.45) is 0 Å². The third-order valence-electron chi connectivity index (χ3n) is 16.2. The molecule has 0 spiro atoms. The first-order valence-corrected chi connectivity index (χ1v) is 29.1. The molecule has 4 saturated heterocycles. The Bertz CT molecular complexity index is 4280. The van der Waals surface area contributed by atoms with Crippen molar-refractivity contribution in [2.75, 3.05) is 73.2 Å². The van der Waals surface area contributed by atoms with Crippen LogP contribution in [-0.2, 0) is 38.8 Å². The fourth-order valence-corrected chi connectivity index (χ4v) is 11.7. The zero-order valence-electron chi connectivity index (χ0n) is 49.0. The largest absolute Gasteiger partial charge is 0.398 e. The van der Waals surface area contributed by atoms with E-state index in [9.17, 15) is 42.3 Å². The summed E-state index contributed by atoms with van der Waals surface area (Å²) in [7, 11) is 0. The maximum absolute atomic E-state index is 14.5. The summed E-state index contributed by atoms with van der Waals surface area (Å²) in [6.07, 6.45) is 1.76. The Morgan fingerprint density at radius 2 is 1.04 bits per heavy atom. The van der Waals surface area contributed by atoms with Gasteiger partial charge in [0.25, 0.3) is 11.1 Å². The third kappa shape index (κ3) is 14.2. The molecule has 2 atom stereocenters. The number of aryl methyl sites for hydroxylation is 2. The third-order valence-corrected chi connectivity index (χ3v) is 16.2. The molecule has 4 aliphatic rings. The smallest absolute Gasteiger partial charge is 0.264 e. The molecule has 0 bridgehead atoms. The lowest BCUT2D eigenvalue weighted by Gasteiger charge is -2.36. The molecule has 5 N–H and O–H groups in total. The first kappa shape index (κ1) is 61.6. The zero-order chi connectivity index (χ0) is 62.9. The number of piperazine rings is 2. The predicted octanol–water partition coefficient (Wildman–Crippen LogP) is 8.08. The maximum atomic E-state index is 14.5. The number of halogens is 2. The van der Waals surface area contributed by atoms with Gasteiger partial charge in [-0.15, -0.1) is 0 Å². The number of nitrogens with one attached hydrogen (secondary N) is 3. The summed E-state index contributed by atoms with van der Waals surface area (Å²) in [5.41, 5.74) is 12.9. The van der Waals surface area contributed by atoms with Gasteiger partial charge < -0.3 is 20.9 Å². The van der Waals surface area contributed by atoms with Crippen molar-refractivity contribution in [3.05, 3.63) is 210 Å². The van der Waals surface area contributed by atoms with Crippen LogP contribution in [0.2, 0.25) is 0 Å².